The Labute approximate surface area is 241 Å². The van der Waals surface area contributed by atoms with Gasteiger partial charge in [-0.2, -0.15) is 0 Å². The van der Waals surface area contributed by atoms with Crippen LogP contribution in [0.15, 0.2) is 24.3 Å². The Hall–Kier alpha value is -3.25. The fourth-order valence-corrected chi connectivity index (χ4v) is 7.41. The summed E-state index contributed by atoms with van der Waals surface area (Å²) in [4.78, 5) is 75.5. The summed E-state index contributed by atoms with van der Waals surface area (Å²) in [5, 5.41) is 11.1. The van der Waals surface area contributed by atoms with Crippen LogP contribution in [0.2, 0.25) is 0 Å². The standard InChI is InChI=1S/C28H33ClO12/c1-11-17(38-14(4)31)9-8-16-19-22(34)27(7,41-15(5)32)21(26(16,19)6)24(39-18(33)10-37-13(3)30)28(36)12(2)25(35)40-23(28)20(11)29/h8-9,12,16-17,19-21,23-24,36H,1,10H2,2-7H3/b9-8-/t12-,16-,17-,19-,20-,21+,23-,24+,26-,27-,28-/m0/s1. The number of allylic oxidation sites excluding steroid dienone is 1. The van der Waals surface area contributed by atoms with Gasteiger partial charge in [0.25, 0.3) is 0 Å². The molecule has 3 aliphatic carbocycles. The molecular weight excluding hydrogens is 564 g/mol. The molecule has 1 aliphatic heterocycles. The number of alkyl halides is 1. The molecular formula is C28H33ClO12. The molecule has 0 radical (unpaired) electrons. The van der Waals surface area contributed by atoms with Gasteiger partial charge < -0.3 is 28.8 Å². The second-order valence-electron chi connectivity index (χ2n) is 11.5. The smallest absolute Gasteiger partial charge is 0.344 e. The largest absolute Gasteiger partial charge is 0.457 e. The Morgan fingerprint density at radius 2 is 1.68 bits per heavy atom. The molecule has 0 spiro atoms. The minimum absolute atomic E-state index is 0.0547. The van der Waals surface area contributed by atoms with Gasteiger partial charge in [-0.05, 0) is 36.8 Å². The van der Waals surface area contributed by atoms with Gasteiger partial charge in [0.05, 0.1) is 17.2 Å². The monoisotopic (exact) mass is 596 g/mol. The number of aliphatic hydroxyl groups is 1. The van der Waals surface area contributed by atoms with E-state index in [4.69, 9.17) is 35.3 Å². The number of hydrogen-bond donors (Lipinski definition) is 1. The number of carbonyl (C=O) groups is 6. The van der Waals surface area contributed by atoms with E-state index in [2.05, 4.69) is 6.58 Å². The van der Waals surface area contributed by atoms with Crippen LogP contribution in [0.1, 0.15) is 41.5 Å². The summed E-state index contributed by atoms with van der Waals surface area (Å²) in [6.45, 7) is 10.9. The Morgan fingerprint density at radius 3 is 2.24 bits per heavy atom. The zero-order valence-corrected chi connectivity index (χ0v) is 24.3. The molecule has 13 heteroatoms. The summed E-state index contributed by atoms with van der Waals surface area (Å²) in [5.41, 5.74) is -5.35. The van der Waals surface area contributed by atoms with Crippen molar-refractivity contribution >= 4 is 47.2 Å². The first-order valence-corrected chi connectivity index (χ1v) is 13.5. The molecule has 1 heterocycles. The topological polar surface area (TPSA) is 169 Å². The predicted octanol–water partition coefficient (Wildman–Crippen LogP) is 1.19. The van der Waals surface area contributed by atoms with E-state index in [0.29, 0.717) is 0 Å². The minimum atomic E-state index is -2.42. The maximum atomic E-state index is 13.9. The summed E-state index contributed by atoms with van der Waals surface area (Å²) >= 11 is 6.77. The predicted molar refractivity (Wildman–Crippen MR) is 138 cm³/mol. The maximum absolute atomic E-state index is 13.9. The van der Waals surface area contributed by atoms with E-state index < -0.39 is 106 Å². The lowest BCUT2D eigenvalue weighted by molar-refractivity contribution is -0.217. The molecule has 4 aliphatic rings. The van der Waals surface area contributed by atoms with Gasteiger partial charge in [-0.1, -0.05) is 19.6 Å². The second-order valence-corrected chi connectivity index (χ2v) is 11.9. The first kappa shape index (κ1) is 30.7. The summed E-state index contributed by atoms with van der Waals surface area (Å²) < 4.78 is 27.1. The first-order valence-electron chi connectivity index (χ1n) is 13.1. The molecule has 0 unspecified atom stereocenters. The molecule has 0 aromatic carbocycles. The molecule has 12 nitrogen and oxygen atoms in total. The molecule has 1 saturated heterocycles. The molecule has 4 rings (SSSR count). The molecule has 0 aromatic rings. The Kier molecular flexibility index (Phi) is 7.66. The Balaban J connectivity index is 1.96. The number of hydrogen-bond acceptors (Lipinski definition) is 12. The van der Waals surface area contributed by atoms with E-state index >= 15 is 0 Å². The van der Waals surface area contributed by atoms with Crippen molar-refractivity contribution < 1.29 is 57.6 Å². The Bertz CT molecular complexity index is 1260. The van der Waals surface area contributed by atoms with Crippen LogP contribution in [0.5, 0.6) is 0 Å². The number of ketones is 1. The fourth-order valence-electron chi connectivity index (χ4n) is 7.03. The molecule has 224 valence electrons. The van der Waals surface area contributed by atoms with Crippen molar-refractivity contribution in [1.82, 2.24) is 0 Å². The van der Waals surface area contributed by atoms with Crippen LogP contribution in [0.3, 0.4) is 0 Å². The molecule has 3 fully saturated rings. The van der Waals surface area contributed by atoms with Gasteiger partial charge in [-0.15, -0.1) is 11.6 Å². The van der Waals surface area contributed by atoms with Crippen molar-refractivity contribution in [1.29, 1.82) is 0 Å². The van der Waals surface area contributed by atoms with E-state index in [1.165, 1.54) is 26.8 Å². The van der Waals surface area contributed by atoms with E-state index in [1.54, 1.807) is 13.0 Å². The van der Waals surface area contributed by atoms with Gasteiger partial charge in [0, 0.05) is 26.7 Å². The molecule has 0 aromatic heterocycles. The summed E-state index contributed by atoms with van der Waals surface area (Å²) in [6.07, 6.45) is -1.31. The SMILES string of the molecule is C=C1[C@@H](OC(C)=O)/C=C\[C@H]2[C@H]3C(=O)[C@@](C)(OC(C)=O)[C@H]([C@@H](OC(=O)COC(C)=O)[C@]4(O)[C@@H](C)C(=O)O[C@H]4[C@H]1Cl)[C@]32C. The third-order valence-corrected chi connectivity index (χ3v) is 9.47. The molecule has 1 N–H and O–H groups in total. The summed E-state index contributed by atoms with van der Waals surface area (Å²) in [5.74, 6) is -8.60. The van der Waals surface area contributed by atoms with Gasteiger partial charge in [-0.3, -0.25) is 24.0 Å². The zero-order chi connectivity index (χ0) is 30.8. The van der Waals surface area contributed by atoms with Crippen molar-refractivity contribution in [2.45, 2.75) is 76.4 Å². The lowest BCUT2D eigenvalue weighted by atomic mass is 9.66. The lowest BCUT2D eigenvalue weighted by Crippen LogP contribution is -2.65. The van der Waals surface area contributed by atoms with Crippen LogP contribution in [0.25, 0.3) is 0 Å². The summed E-state index contributed by atoms with van der Waals surface area (Å²) in [6, 6.07) is 0. The van der Waals surface area contributed by atoms with Gasteiger partial charge >= 0.3 is 29.8 Å². The maximum Gasteiger partial charge on any atom is 0.344 e. The lowest BCUT2D eigenvalue weighted by Gasteiger charge is -2.47. The number of carbonyl (C=O) groups excluding carboxylic acids is 6. The quantitative estimate of drug-likeness (QED) is 0.208. The molecule has 0 amide bonds. The van der Waals surface area contributed by atoms with Crippen molar-refractivity contribution in [3.8, 4) is 0 Å². The van der Waals surface area contributed by atoms with Gasteiger partial charge in [-0.25, -0.2) is 4.79 Å². The van der Waals surface area contributed by atoms with Gasteiger partial charge in [0.15, 0.2) is 29.7 Å². The van der Waals surface area contributed by atoms with Crippen LogP contribution < -0.4 is 0 Å². The highest BCUT2D eigenvalue weighted by atomic mass is 35.5. The summed E-state index contributed by atoms with van der Waals surface area (Å²) in [7, 11) is 0. The van der Waals surface area contributed by atoms with Crippen molar-refractivity contribution in [2.24, 2.45) is 29.1 Å². The van der Waals surface area contributed by atoms with Crippen LogP contribution in [-0.2, 0) is 52.5 Å². The van der Waals surface area contributed by atoms with E-state index in [1.807, 2.05) is 0 Å². The van der Waals surface area contributed by atoms with E-state index in [-0.39, 0.29) is 5.57 Å². The molecule has 41 heavy (non-hydrogen) atoms. The van der Waals surface area contributed by atoms with Gasteiger partial charge in [0.2, 0.25) is 0 Å². The highest BCUT2D eigenvalue weighted by molar-refractivity contribution is 6.23. The number of fused-ring (bicyclic) bond motifs is 2. The van der Waals surface area contributed by atoms with Crippen molar-refractivity contribution in [3.05, 3.63) is 24.3 Å². The molecule has 2 saturated carbocycles. The number of esters is 5. The number of ether oxygens (including phenoxy) is 5. The van der Waals surface area contributed by atoms with Crippen LogP contribution in [-0.4, -0.2) is 82.2 Å². The van der Waals surface area contributed by atoms with Crippen molar-refractivity contribution in [3.63, 3.8) is 0 Å². The second kappa shape index (κ2) is 10.2. The van der Waals surface area contributed by atoms with Gasteiger partial charge in [0.1, 0.15) is 12.2 Å². The van der Waals surface area contributed by atoms with Crippen LogP contribution >= 0.6 is 11.6 Å². The average Bonchev–Trinajstić information content (AvgIpc) is 3.32. The third kappa shape index (κ3) is 4.64. The fraction of sp³-hybridized carbons (Fsp3) is 0.643. The molecule has 11 atom stereocenters. The highest BCUT2D eigenvalue weighted by Gasteiger charge is 2.84. The average molecular weight is 597 g/mol. The minimum Gasteiger partial charge on any atom is -0.457 e. The Morgan fingerprint density at radius 1 is 1.05 bits per heavy atom. The van der Waals surface area contributed by atoms with Crippen LogP contribution in [0.4, 0.5) is 0 Å². The van der Waals surface area contributed by atoms with Crippen LogP contribution in [0, 0.1) is 29.1 Å². The normalized spacial score (nSPS) is 43.5. The third-order valence-electron chi connectivity index (χ3n) is 8.96. The zero-order valence-electron chi connectivity index (χ0n) is 23.5. The first-order chi connectivity index (χ1) is 18.9. The van der Waals surface area contributed by atoms with E-state index in [9.17, 15) is 33.9 Å². The number of rotatable bonds is 5. The number of halogens is 1. The number of Topliss-reactive ketones (excluding diaryl/α,β-unsaturated/α-hetero) is 1. The molecule has 0 bridgehead atoms. The highest BCUT2D eigenvalue weighted by Crippen LogP contribution is 2.75. The van der Waals surface area contributed by atoms with E-state index in [0.717, 1.165) is 13.8 Å². The van der Waals surface area contributed by atoms with Crippen molar-refractivity contribution in [2.75, 3.05) is 6.61 Å².